The second-order valence-corrected chi connectivity index (χ2v) is 5.49. The second-order valence-electron chi connectivity index (χ2n) is 5.49. The summed E-state index contributed by atoms with van der Waals surface area (Å²) in [5, 5.41) is 27.7. The Morgan fingerprint density at radius 1 is 0.600 bits per heavy atom. The first-order chi connectivity index (χ1) is 12.0. The Labute approximate surface area is 143 Å². The van der Waals surface area contributed by atoms with Gasteiger partial charge in [0.05, 0.1) is 11.1 Å². The van der Waals surface area contributed by atoms with Gasteiger partial charge in [-0.05, 0) is 58.7 Å². The van der Waals surface area contributed by atoms with Gasteiger partial charge in [0.1, 0.15) is 5.75 Å². The third-order valence-electron chi connectivity index (χ3n) is 3.89. The molecular weight excluding hydrogens is 320 g/mol. The summed E-state index contributed by atoms with van der Waals surface area (Å²) in [6, 6.07) is 17.6. The van der Waals surface area contributed by atoms with Crippen LogP contribution >= 0.6 is 0 Å². The topological polar surface area (TPSA) is 94.8 Å². The van der Waals surface area contributed by atoms with E-state index in [2.05, 4.69) is 0 Å². The molecule has 0 atom stereocenters. The SMILES string of the molecule is O=C(O)c1ccc(-c2ccc(C(=O)O)cc2-c2ccc(O)cc2)cc1. The van der Waals surface area contributed by atoms with Crippen LogP contribution in [-0.4, -0.2) is 27.3 Å². The van der Waals surface area contributed by atoms with Crippen LogP contribution in [0.3, 0.4) is 0 Å². The highest BCUT2D eigenvalue weighted by Crippen LogP contribution is 2.34. The van der Waals surface area contributed by atoms with Crippen molar-refractivity contribution in [2.24, 2.45) is 0 Å². The van der Waals surface area contributed by atoms with Gasteiger partial charge in [-0.3, -0.25) is 0 Å². The molecule has 0 aromatic heterocycles. The second kappa shape index (κ2) is 6.49. The van der Waals surface area contributed by atoms with Crippen LogP contribution in [0.2, 0.25) is 0 Å². The number of phenols is 1. The Kier molecular flexibility index (Phi) is 4.22. The van der Waals surface area contributed by atoms with E-state index in [9.17, 15) is 19.8 Å². The lowest BCUT2D eigenvalue weighted by atomic mass is 9.92. The van der Waals surface area contributed by atoms with E-state index >= 15 is 0 Å². The highest BCUT2D eigenvalue weighted by atomic mass is 16.4. The van der Waals surface area contributed by atoms with Crippen molar-refractivity contribution in [2.75, 3.05) is 0 Å². The van der Waals surface area contributed by atoms with E-state index in [0.29, 0.717) is 5.56 Å². The third kappa shape index (κ3) is 3.35. The molecule has 0 unspecified atom stereocenters. The Balaban J connectivity index is 2.16. The number of aromatic hydroxyl groups is 1. The average Bonchev–Trinajstić information content (AvgIpc) is 2.62. The summed E-state index contributed by atoms with van der Waals surface area (Å²) in [5.41, 5.74) is 3.30. The minimum Gasteiger partial charge on any atom is -0.508 e. The minimum atomic E-state index is -1.03. The molecule has 0 saturated carbocycles. The van der Waals surface area contributed by atoms with E-state index < -0.39 is 11.9 Å². The molecule has 0 saturated heterocycles. The molecule has 5 heteroatoms. The van der Waals surface area contributed by atoms with Crippen molar-refractivity contribution in [3.05, 3.63) is 77.9 Å². The first-order valence-corrected chi connectivity index (χ1v) is 7.46. The zero-order chi connectivity index (χ0) is 18.0. The number of hydrogen-bond donors (Lipinski definition) is 3. The number of carboxylic acids is 2. The third-order valence-corrected chi connectivity index (χ3v) is 3.89. The molecule has 0 amide bonds. The predicted molar refractivity (Wildman–Crippen MR) is 92.9 cm³/mol. The Hall–Kier alpha value is -3.60. The maximum Gasteiger partial charge on any atom is 0.335 e. The molecule has 0 fully saturated rings. The summed E-state index contributed by atoms with van der Waals surface area (Å²) >= 11 is 0. The number of hydrogen-bond acceptors (Lipinski definition) is 3. The number of carbonyl (C=O) groups is 2. The molecule has 3 aromatic carbocycles. The first kappa shape index (κ1) is 16.3. The van der Waals surface area contributed by atoms with E-state index in [0.717, 1.165) is 16.7 Å². The van der Waals surface area contributed by atoms with Crippen LogP contribution in [0.1, 0.15) is 20.7 Å². The molecule has 3 aromatic rings. The molecule has 0 aliphatic rings. The fourth-order valence-corrected chi connectivity index (χ4v) is 2.60. The monoisotopic (exact) mass is 334 g/mol. The molecule has 5 nitrogen and oxygen atoms in total. The van der Waals surface area contributed by atoms with Gasteiger partial charge in [-0.1, -0.05) is 30.3 Å². The average molecular weight is 334 g/mol. The molecule has 3 N–H and O–H groups in total. The zero-order valence-electron chi connectivity index (χ0n) is 13.0. The van der Waals surface area contributed by atoms with Crippen LogP contribution in [0.4, 0.5) is 0 Å². The Morgan fingerprint density at radius 3 is 1.64 bits per heavy atom. The lowest BCUT2D eigenvalue weighted by molar-refractivity contribution is 0.0686. The summed E-state index contributed by atoms with van der Waals surface area (Å²) in [7, 11) is 0. The van der Waals surface area contributed by atoms with Crippen molar-refractivity contribution >= 4 is 11.9 Å². The number of benzene rings is 3. The van der Waals surface area contributed by atoms with Gasteiger partial charge in [-0.25, -0.2) is 9.59 Å². The van der Waals surface area contributed by atoms with E-state index in [4.69, 9.17) is 5.11 Å². The maximum atomic E-state index is 11.3. The molecule has 3 rings (SSSR count). The van der Waals surface area contributed by atoms with E-state index in [1.54, 1.807) is 36.4 Å². The van der Waals surface area contributed by atoms with Crippen molar-refractivity contribution in [2.45, 2.75) is 0 Å². The molecule has 0 radical (unpaired) electrons. The molecule has 0 heterocycles. The van der Waals surface area contributed by atoms with Gasteiger partial charge in [0.2, 0.25) is 0 Å². The van der Waals surface area contributed by atoms with Crippen molar-refractivity contribution in [3.63, 3.8) is 0 Å². The Morgan fingerprint density at radius 2 is 1.08 bits per heavy atom. The molecule has 0 bridgehead atoms. The van der Waals surface area contributed by atoms with E-state index in [-0.39, 0.29) is 16.9 Å². The van der Waals surface area contributed by atoms with Crippen LogP contribution < -0.4 is 0 Å². The molecule has 0 spiro atoms. The zero-order valence-corrected chi connectivity index (χ0v) is 13.0. The van der Waals surface area contributed by atoms with Gasteiger partial charge in [-0.2, -0.15) is 0 Å². The lowest BCUT2D eigenvalue weighted by Gasteiger charge is -2.12. The molecule has 25 heavy (non-hydrogen) atoms. The van der Waals surface area contributed by atoms with Crippen LogP contribution in [0.25, 0.3) is 22.3 Å². The Bertz CT molecular complexity index is 941. The highest BCUT2D eigenvalue weighted by Gasteiger charge is 2.13. The minimum absolute atomic E-state index is 0.116. The van der Waals surface area contributed by atoms with Crippen LogP contribution in [0.5, 0.6) is 5.75 Å². The predicted octanol–water partition coefficient (Wildman–Crippen LogP) is 4.12. The summed E-state index contributed by atoms with van der Waals surface area (Å²) in [6.45, 7) is 0. The molecule has 0 aliphatic carbocycles. The van der Waals surface area contributed by atoms with Gasteiger partial charge in [0, 0.05) is 0 Å². The summed E-state index contributed by atoms with van der Waals surface area (Å²) < 4.78 is 0. The fourth-order valence-electron chi connectivity index (χ4n) is 2.60. The van der Waals surface area contributed by atoms with E-state index in [1.807, 2.05) is 0 Å². The maximum absolute atomic E-state index is 11.3. The smallest absolute Gasteiger partial charge is 0.335 e. The van der Waals surface area contributed by atoms with Gasteiger partial charge < -0.3 is 15.3 Å². The summed E-state index contributed by atoms with van der Waals surface area (Å²) in [5.74, 6) is -1.93. The quantitative estimate of drug-likeness (QED) is 0.667. The van der Waals surface area contributed by atoms with Gasteiger partial charge in [-0.15, -0.1) is 0 Å². The van der Waals surface area contributed by atoms with Crippen molar-refractivity contribution < 1.29 is 24.9 Å². The van der Waals surface area contributed by atoms with Crippen LogP contribution in [0, 0.1) is 0 Å². The number of rotatable bonds is 4. The molecular formula is C20H14O5. The lowest BCUT2D eigenvalue weighted by Crippen LogP contribution is -1.98. The van der Waals surface area contributed by atoms with E-state index in [1.165, 1.54) is 30.3 Å². The fraction of sp³-hybridized carbons (Fsp3) is 0. The van der Waals surface area contributed by atoms with Crippen molar-refractivity contribution in [1.29, 1.82) is 0 Å². The van der Waals surface area contributed by atoms with Crippen LogP contribution in [-0.2, 0) is 0 Å². The molecule has 0 aliphatic heterocycles. The highest BCUT2D eigenvalue weighted by molar-refractivity contribution is 5.94. The first-order valence-electron chi connectivity index (χ1n) is 7.46. The number of phenolic OH excluding ortho intramolecular Hbond substituents is 1. The van der Waals surface area contributed by atoms with Gasteiger partial charge in [0.25, 0.3) is 0 Å². The summed E-state index contributed by atoms with van der Waals surface area (Å²) in [6.07, 6.45) is 0. The number of carboxylic acid groups (broad SMARTS) is 2. The van der Waals surface area contributed by atoms with Gasteiger partial charge in [0.15, 0.2) is 0 Å². The van der Waals surface area contributed by atoms with Gasteiger partial charge >= 0.3 is 11.9 Å². The van der Waals surface area contributed by atoms with Crippen molar-refractivity contribution in [3.8, 4) is 28.0 Å². The standard InChI is InChI=1S/C20H14O5/c21-16-8-5-13(6-9-16)18-11-15(20(24)25)7-10-17(18)12-1-3-14(4-2-12)19(22)23/h1-11,21H,(H,22,23)(H,24,25). The normalized spacial score (nSPS) is 10.4. The number of aromatic carboxylic acids is 2. The largest absolute Gasteiger partial charge is 0.508 e. The molecule has 124 valence electrons. The van der Waals surface area contributed by atoms with Crippen molar-refractivity contribution in [1.82, 2.24) is 0 Å². The summed E-state index contributed by atoms with van der Waals surface area (Å²) in [4.78, 5) is 22.3. The van der Waals surface area contributed by atoms with Crippen LogP contribution in [0.15, 0.2) is 66.7 Å².